The van der Waals surface area contributed by atoms with Gasteiger partial charge in [-0.1, -0.05) is 73.1 Å². The highest BCUT2D eigenvalue weighted by Gasteiger charge is 2.15. The minimum Gasteiger partial charge on any atom is -0.350 e. The van der Waals surface area contributed by atoms with Crippen LogP contribution < -0.4 is 11.0 Å². The Labute approximate surface area is 185 Å². The molecule has 1 aromatic heterocycles. The minimum absolute atomic E-state index is 0.119. The monoisotopic (exact) mass is 431 g/mol. The number of amides is 1. The number of halogens is 1. The summed E-state index contributed by atoms with van der Waals surface area (Å²) in [4.78, 5) is 29.7. The van der Waals surface area contributed by atoms with E-state index < -0.39 is 5.69 Å². The number of rotatable bonds is 6. The molecule has 6 heteroatoms. The van der Waals surface area contributed by atoms with Crippen LogP contribution in [-0.4, -0.2) is 15.5 Å². The summed E-state index contributed by atoms with van der Waals surface area (Å²) in [6.45, 7) is 2.38. The van der Waals surface area contributed by atoms with Gasteiger partial charge in [0.05, 0.1) is 11.2 Å². The van der Waals surface area contributed by atoms with Gasteiger partial charge < -0.3 is 5.32 Å². The summed E-state index contributed by atoms with van der Waals surface area (Å²) in [6.07, 6.45) is 0.971. The highest BCUT2D eigenvalue weighted by molar-refractivity contribution is 6.31. The zero-order valence-electron chi connectivity index (χ0n) is 17.1. The number of carbonyl (C=O) groups excluding carboxylic acids is 1. The van der Waals surface area contributed by atoms with Crippen LogP contribution in [0.1, 0.15) is 18.1 Å². The van der Waals surface area contributed by atoms with Crippen LogP contribution in [0.3, 0.4) is 0 Å². The van der Waals surface area contributed by atoms with E-state index in [-0.39, 0.29) is 12.5 Å². The highest BCUT2D eigenvalue weighted by Crippen LogP contribution is 2.27. The fraction of sp³-hybridized carbons (Fsp3) is 0.160. The van der Waals surface area contributed by atoms with Gasteiger partial charge >= 0.3 is 5.69 Å². The Balaban J connectivity index is 1.62. The smallest absolute Gasteiger partial charge is 0.349 e. The quantitative estimate of drug-likeness (QED) is 0.485. The highest BCUT2D eigenvalue weighted by atomic mass is 35.5. The Morgan fingerprint density at radius 3 is 2.42 bits per heavy atom. The van der Waals surface area contributed by atoms with Crippen LogP contribution in [0.4, 0.5) is 0 Å². The van der Waals surface area contributed by atoms with Crippen LogP contribution in [-0.2, 0) is 24.3 Å². The van der Waals surface area contributed by atoms with E-state index >= 15 is 0 Å². The van der Waals surface area contributed by atoms with Crippen molar-refractivity contribution in [1.82, 2.24) is 14.9 Å². The van der Waals surface area contributed by atoms with Gasteiger partial charge in [0, 0.05) is 22.5 Å². The lowest BCUT2D eigenvalue weighted by Gasteiger charge is -2.13. The number of benzene rings is 3. The molecule has 1 N–H and O–H groups in total. The van der Waals surface area contributed by atoms with Crippen LogP contribution in [0.2, 0.25) is 5.02 Å². The summed E-state index contributed by atoms with van der Waals surface area (Å²) in [7, 11) is 0. The Hall–Kier alpha value is -3.44. The molecule has 1 heterocycles. The molecule has 0 radical (unpaired) electrons. The summed E-state index contributed by atoms with van der Waals surface area (Å²) in [5.74, 6) is -0.257. The molecule has 0 saturated heterocycles. The van der Waals surface area contributed by atoms with E-state index in [0.29, 0.717) is 22.8 Å². The Kier molecular flexibility index (Phi) is 6.14. The summed E-state index contributed by atoms with van der Waals surface area (Å²) < 4.78 is 1.38. The first-order valence-corrected chi connectivity index (χ1v) is 10.5. The molecule has 5 nitrogen and oxygen atoms in total. The molecule has 3 aromatic carbocycles. The maximum atomic E-state index is 12.8. The zero-order valence-corrected chi connectivity index (χ0v) is 17.9. The Morgan fingerprint density at radius 2 is 1.71 bits per heavy atom. The first-order chi connectivity index (χ1) is 15.0. The summed E-state index contributed by atoms with van der Waals surface area (Å²) >= 11 is 6.22. The molecule has 0 aliphatic rings. The summed E-state index contributed by atoms with van der Waals surface area (Å²) in [6, 6.07) is 22.8. The van der Waals surface area contributed by atoms with Crippen molar-refractivity contribution in [2.75, 3.05) is 0 Å². The molecule has 0 fully saturated rings. The van der Waals surface area contributed by atoms with E-state index in [2.05, 4.69) is 29.4 Å². The van der Waals surface area contributed by atoms with Crippen LogP contribution in [0.15, 0.2) is 77.6 Å². The van der Waals surface area contributed by atoms with Crippen LogP contribution in [0.5, 0.6) is 0 Å². The Morgan fingerprint density at radius 1 is 1.00 bits per heavy atom. The predicted molar refractivity (Wildman–Crippen MR) is 124 cm³/mol. The third kappa shape index (κ3) is 4.67. The van der Waals surface area contributed by atoms with E-state index in [4.69, 9.17) is 11.6 Å². The fourth-order valence-corrected chi connectivity index (χ4v) is 3.69. The largest absolute Gasteiger partial charge is 0.350 e. The van der Waals surface area contributed by atoms with Crippen molar-refractivity contribution in [2.24, 2.45) is 0 Å². The molecule has 0 spiro atoms. The topological polar surface area (TPSA) is 64.0 Å². The standard InChI is InChI=1S/C25H22ClN3O2/c1-2-17-8-10-18(11-9-17)15-27-23(30)16-29-22-13-12-20(26)14-21(22)24(28-25(29)31)19-6-4-3-5-7-19/h3-14H,2,15-16H2,1H3,(H,27,30). The van der Waals surface area contributed by atoms with Gasteiger partial charge in [-0.05, 0) is 35.7 Å². The normalized spacial score (nSPS) is 10.9. The number of aryl methyl sites for hydroxylation is 1. The van der Waals surface area contributed by atoms with Gasteiger partial charge in [0.2, 0.25) is 5.91 Å². The Bertz CT molecular complexity index is 1280. The molecule has 0 aliphatic carbocycles. The van der Waals surface area contributed by atoms with E-state index in [9.17, 15) is 9.59 Å². The maximum absolute atomic E-state index is 12.8. The molecule has 4 rings (SSSR count). The van der Waals surface area contributed by atoms with Gasteiger partial charge in [0.25, 0.3) is 0 Å². The van der Waals surface area contributed by atoms with Crippen molar-refractivity contribution in [2.45, 2.75) is 26.4 Å². The molecule has 0 bridgehead atoms. The van der Waals surface area contributed by atoms with Crippen molar-refractivity contribution in [1.29, 1.82) is 0 Å². The molecule has 0 unspecified atom stereocenters. The molecule has 4 aromatic rings. The number of hydrogen-bond acceptors (Lipinski definition) is 3. The van der Waals surface area contributed by atoms with Crippen LogP contribution >= 0.6 is 11.6 Å². The van der Waals surface area contributed by atoms with Gasteiger partial charge in [-0.2, -0.15) is 4.98 Å². The number of carbonyl (C=O) groups is 1. The lowest BCUT2D eigenvalue weighted by molar-refractivity contribution is -0.121. The van der Waals surface area contributed by atoms with Gasteiger partial charge in [0.15, 0.2) is 0 Å². The molecule has 31 heavy (non-hydrogen) atoms. The van der Waals surface area contributed by atoms with Gasteiger partial charge in [-0.15, -0.1) is 0 Å². The molecule has 0 atom stereocenters. The summed E-state index contributed by atoms with van der Waals surface area (Å²) in [5.41, 5.74) is 3.76. The van der Waals surface area contributed by atoms with Crippen LogP contribution in [0, 0.1) is 0 Å². The molecular weight excluding hydrogens is 410 g/mol. The molecule has 0 saturated carbocycles. The molecular formula is C25H22ClN3O2. The first kappa shape index (κ1) is 20.8. The SMILES string of the molecule is CCc1ccc(CNC(=O)Cn2c(=O)nc(-c3ccccc3)c3cc(Cl)ccc32)cc1. The second kappa shape index (κ2) is 9.14. The van der Waals surface area contributed by atoms with Crippen LogP contribution in [0.25, 0.3) is 22.2 Å². The van der Waals surface area contributed by atoms with Gasteiger partial charge in [0.1, 0.15) is 6.54 Å². The van der Waals surface area contributed by atoms with Crippen molar-refractivity contribution in [3.05, 3.63) is 99.4 Å². The van der Waals surface area contributed by atoms with E-state index in [1.165, 1.54) is 10.1 Å². The second-order valence-corrected chi connectivity index (χ2v) is 7.74. The third-order valence-electron chi connectivity index (χ3n) is 5.21. The number of aromatic nitrogens is 2. The lowest BCUT2D eigenvalue weighted by atomic mass is 10.1. The molecule has 1 amide bonds. The van der Waals surface area contributed by atoms with Crippen molar-refractivity contribution >= 4 is 28.4 Å². The summed E-state index contributed by atoms with van der Waals surface area (Å²) in [5, 5.41) is 4.14. The number of nitrogens with zero attached hydrogens (tertiary/aromatic N) is 2. The van der Waals surface area contributed by atoms with Crippen molar-refractivity contribution < 1.29 is 4.79 Å². The van der Waals surface area contributed by atoms with Gasteiger partial charge in [-0.3, -0.25) is 9.36 Å². The van der Waals surface area contributed by atoms with E-state index in [0.717, 1.165) is 22.9 Å². The minimum atomic E-state index is -0.476. The number of hydrogen-bond donors (Lipinski definition) is 1. The predicted octanol–water partition coefficient (Wildman–Crippen LogP) is 4.60. The fourth-order valence-electron chi connectivity index (χ4n) is 3.51. The first-order valence-electron chi connectivity index (χ1n) is 10.1. The molecule has 156 valence electrons. The van der Waals surface area contributed by atoms with E-state index in [1.807, 2.05) is 42.5 Å². The third-order valence-corrected chi connectivity index (χ3v) is 5.45. The zero-order chi connectivity index (χ0) is 21.8. The van der Waals surface area contributed by atoms with Crippen molar-refractivity contribution in [3.63, 3.8) is 0 Å². The lowest BCUT2D eigenvalue weighted by Crippen LogP contribution is -2.33. The number of fused-ring (bicyclic) bond motifs is 1. The average Bonchev–Trinajstić information content (AvgIpc) is 2.80. The second-order valence-electron chi connectivity index (χ2n) is 7.30. The van der Waals surface area contributed by atoms with E-state index in [1.54, 1.807) is 18.2 Å². The maximum Gasteiger partial charge on any atom is 0.349 e. The van der Waals surface area contributed by atoms with Gasteiger partial charge in [-0.25, -0.2) is 4.79 Å². The average molecular weight is 432 g/mol. The molecule has 0 aliphatic heterocycles. The van der Waals surface area contributed by atoms with Crippen molar-refractivity contribution in [3.8, 4) is 11.3 Å². The number of nitrogens with one attached hydrogen (secondary N) is 1.